The van der Waals surface area contributed by atoms with E-state index in [0.717, 1.165) is 0 Å². The molecule has 0 unspecified atom stereocenters. The Morgan fingerprint density at radius 1 is 0.176 bits per heavy atom. The Kier molecular flexibility index (Phi) is 329. The van der Waals surface area contributed by atoms with E-state index in [4.69, 9.17) is 90.4 Å². The van der Waals surface area contributed by atoms with Gasteiger partial charge in [0, 0.05) is 0 Å². The van der Waals surface area contributed by atoms with Gasteiger partial charge in [-0.1, -0.05) is 0 Å². The summed E-state index contributed by atoms with van der Waals surface area (Å²) in [6.07, 6.45) is 0. The number of hydrogen-bond acceptors (Lipinski definition) is 18. The quantitative estimate of drug-likeness (QED) is 0.103. The largest absolute Gasteiger partial charge is 2.00 e. The minimum absolute atomic E-state index is 0. The van der Waals surface area contributed by atoms with Gasteiger partial charge in [0.25, 0.3) is 0 Å². The van der Waals surface area contributed by atoms with E-state index >= 15 is 0 Å². The topological polar surface area (TPSA) is 535 Å². The summed E-state index contributed by atoms with van der Waals surface area (Å²) in [6, 6.07) is 0. The summed E-state index contributed by atoms with van der Waals surface area (Å²) in [4.78, 5) is 0. The Bertz CT molecular complexity index is 114. The van der Waals surface area contributed by atoms with Crippen LogP contribution in [-0.4, -0.2) is 134 Å². The SMILES string of the molecule is OB(O)O.OB(O)O.OB(O)O.OB(O)O.OB(O)O.OB(O)O.[O-2].[O-2].[O-2].[O-2].[O-2].[O-2].[Zn+2].[Zn+2].[Zn+2].[Zn+2]. The summed E-state index contributed by atoms with van der Waals surface area (Å²) in [7, 11) is -13.0. The van der Waals surface area contributed by atoms with E-state index in [1.165, 1.54) is 0 Å². The second-order valence-electron chi connectivity index (χ2n) is 2.08. The van der Waals surface area contributed by atoms with Crippen LogP contribution >= 0.6 is 0 Å². The fourth-order valence-corrected chi connectivity index (χ4v) is 0. The van der Waals surface area contributed by atoms with Gasteiger partial charge in [-0.2, -0.15) is 0 Å². The molecule has 0 radical (unpaired) electrons. The Morgan fingerprint density at radius 3 is 0.176 bits per heavy atom. The zero-order valence-corrected chi connectivity index (χ0v) is 28.7. The monoisotopic (exact) mass is 724 g/mol. The van der Waals surface area contributed by atoms with Crippen LogP contribution in [0.1, 0.15) is 0 Å². The maximum atomic E-state index is 7.17. The van der Waals surface area contributed by atoms with Gasteiger partial charge in [0.15, 0.2) is 0 Å². The molecule has 0 spiro atoms. The number of rotatable bonds is 0. The maximum absolute atomic E-state index is 7.17. The smallest absolute Gasteiger partial charge is 2.00 e. The van der Waals surface area contributed by atoms with Crippen LogP contribution in [0.3, 0.4) is 0 Å². The molecule has 34 heteroatoms. The molecular weight excluding hydrogens is 710 g/mol. The molecule has 0 aliphatic rings. The van der Waals surface area contributed by atoms with Crippen molar-refractivity contribution in [3.05, 3.63) is 0 Å². The zero-order valence-electron chi connectivity index (χ0n) is 16.8. The van der Waals surface area contributed by atoms with Crippen molar-refractivity contribution in [2.45, 2.75) is 0 Å². The first-order valence-corrected chi connectivity index (χ1v) is 4.65. The number of hydrogen-bond donors (Lipinski definition) is 18. The molecule has 0 aliphatic heterocycles. The first-order chi connectivity index (χ1) is 10.4. The minimum Gasteiger partial charge on any atom is -2.00 e. The Morgan fingerprint density at radius 2 is 0.176 bits per heavy atom. The molecule has 0 heterocycles. The average molecular weight is 729 g/mol. The third-order valence-corrected chi connectivity index (χ3v) is 0. The molecule has 0 fully saturated rings. The fraction of sp³-hybridized carbons (Fsp3) is 0. The van der Waals surface area contributed by atoms with Crippen LogP contribution in [0.4, 0.5) is 0 Å². The van der Waals surface area contributed by atoms with Gasteiger partial charge in [-0.15, -0.1) is 0 Å². The first-order valence-electron chi connectivity index (χ1n) is 4.65. The van der Waals surface area contributed by atoms with E-state index in [9.17, 15) is 0 Å². The summed E-state index contributed by atoms with van der Waals surface area (Å²) in [5, 5.41) is 129. The van der Waals surface area contributed by atoms with Crippen molar-refractivity contribution in [3.63, 3.8) is 0 Å². The molecule has 0 rings (SSSR count). The normalized spacial score (nSPS) is 4.76. The van der Waals surface area contributed by atoms with Crippen molar-refractivity contribution in [2.75, 3.05) is 0 Å². The van der Waals surface area contributed by atoms with E-state index in [2.05, 4.69) is 0 Å². The summed E-state index contributed by atoms with van der Waals surface area (Å²) < 4.78 is 0. The summed E-state index contributed by atoms with van der Waals surface area (Å²) in [5.74, 6) is 0. The Hall–Kier alpha value is 1.92. The van der Waals surface area contributed by atoms with Crippen molar-refractivity contribution in [1.82, 2.24) is 0 Å². The van der Waals surface area contributed by atoms with Crippen molar-refractivity contribution in [2.24, 2.45) is 0 Å². The van der Waals surface area contributed by atoms with Crippen molar-refractivity contribution >= 4 is 43.9 Å². The van der Waals surface area contributed by atoms with Crippen LogP contribution in [0.25, 0.3) is 0 Å². The van der Waals surface area contributed by atoms with E-state index in [1.807, 2.05) is 0 Å². The average Bonchev–Trinajstić information content (AvgIpc) is 2.08. The molecule has 0 saturated carbocycles. The van der Waals surface area contributed by atoms with Gasteiger partial charge in [-0.05, 0) is 0 Å². The summed E-state index contributed by atoms with van der Waals surface area (Å²) in [6.45, 7) is 0. The molecule has 0 atom stereocenters. The van der Waals surface area contributed by atoms with Gasteiger partial charge in [0.2, 0.25) is 0 Å². The van der Waals surface area contributed by atoms with Gasteiger partial charge in [0.1, 0.15) is 0 Å². The summed E-state index contributed by atoms with van der Waals surface area (Å²) in [5.41, 5.74) is 0. The van der Waals surface area contributed by atoms with Crippen LogP contribution in [0.15, 0.2) is 0 Å². The third-order valence-electron chi connectivity index (χ3n) is 0. The second kappa shape index (κ2) is 101. The Labute approximate surface area is 244 Å². The molecule has 0 aromatic rings. The van der Waals surface area contributed by atoms with E-state index in [0.29, 0.717) is 0 Å². The molecule has 0 amide bonds. The molecule has 0 saturated heterocycles. The van der Waals surface area contributed by atoms with Crippen LogP contribution in [0, 0.1) is 0 Å². The van der Waals surface area contributed by atoms with Crippen LogP contribution in [0.2, 0.25) is 0 Å². The van der Waals surface area contributed by atoms with Gasteiger partial charge in [0.05, 0.1) is 0 Å². The zero-order chi connectivity index (χ0) is 21.5. The molecular formula is H18B6O24Zn4-4. The van der Waals surface area contributed by atoms with Gasteiger partial charge in [-0.3, -0.25) is 0 Å². The molecule has 34 heavy (non-hydrogen) atoms. The van der Waals surface area contributed by atoms with Gasteiger partial charge in [-0.25, -0.2) is 0 Å². The molecule has 0 aromatic heterocycles. The molecule has 0 aromatic carbocycles. The van der Waals surface area contributed by atoms with Crippen LogP contribution < -0.4 is 0 Å². The predicted octanol–water partition coefficient (Wildman–Crippen LogP) is -13.0. The van der Waals surface area contributed by atoms with Crippen molar-refractivity contribution in [3.8, 4) is 0 Å². The standard InChI is InChI=1S/6BH3O3.6O.4Zn/c6*2-1(3)4;;;;;;;;;;/h6*2-4H;;;;;;;;;;/q;;;;;;6*-2;4*+2. The van der Waals surface area contributed by atoms with E-state index in [1.54, 1.807) is 0 Å². The molecule has 24 nitrogen and oxygen atoms in total. The molecule has 0 bridgehead atoms. The van der Waals surface area contributed by atoms with E-state index in [-0.39, 0.29) is 111 Å². The van der Waals surface area contributed by atoms with Crippen LogP contribution in [-0.2, 0) is 111 Å². The van der Waals surface area contributed by atoms with Crippen LogP contribution in [0.5, 0.6) is 0 Å². The fourth-order valence-electron chi connectivity index (χ4n) is 0. The van der Waals surface area contributed by atoms with Crippen molar-refractivity contribution < 1.29 is 201 Å². The maximum Gasteiger partial charge on any atom is 2.00 e. The Balaban J connectivity index is -0.00000000771. The second-order valence-corrected chi connectivity index (χ2v) is 2.08. The minimum atomic E-state index is -2.17. The first kappa shape index (κ1) is 110. The molecule has 192 valence electrons. The molecule has 0 aliphatic carbocycles. The van der Waals surface area contributed by atoms with Crippen molar-refractivity contribution in [1.29, 1.82) is 0 Å². The predicted molar refractivity (Wildman–Crippen MR) is 78.6 cm³/mol. The van der Waals surface area contributed by atoms with E-state index < -0.39 is 43.9 Å². The van der Waals surface area contributed by atoms with Gasteiger partial charge < -0.3 is 123 Å². The van der Waals surface area contributed by atoms with Gasteiger partial charge >= 0.3 is 122 Å². The third kappa shape index (κ3) is 9940. The summed E-state index contributed by atoms with van der Waals surface area (Å²) >= 11 is 0. The molecule has 18 N–H and O–H groups in total.